The number of benzene rings is 1. The number of rotatable bonds is 3. The van der Waals surface area contributed by atoms with Crippen LogP contribution in [0.3, 0.4) is 0 Å². The third kappa shape index (κ3) is 3.19. The van der Waals surface area contributed by atoms with Gasteiger partial charge in [-0.2, -0.15) is 0 Å². The van der Waals surface area contributed by atoms with Gasteiger partial charge in [-0.05, 0) is 24.1 Å². The van der Waals surface area contributed by atoms with Crippen LogP contribution in [0, 0.1) is 0 Å². The van der Waals surface area contributed by atoms with Gasteiger partial charge >= 0.3 is 0 Å². The van der Waals surface area contributed by atoms with Crippen LogP contribution < -0.4 is 5.32 Å². The first-order valence-corrected chi connectivity index (χ1v) is 5.86. The Kier molecular flexibility index (Phi) is 4.18. The lowest BCUT2D eigenvalue weighted by molar-refractivity contribution is -0.0252. The molecule has 0 amide bonds. The van der Waals surface area contributed by atoms with Crippen LogP contribution in [0.4, 0.5) is 0 Å². The zero-order chi connectivity index (χ0) is 11.4. The summed E-state index contributed by atoms with van der Waals surface area (Å²) >= 11 is 5.82. The van der Waals surface area contributed by atoms with E-state index in [0.29, 0.717) is 12.6 Å². The van der Waals surface area contributed by atoms with Crippen molar-refractivity contribution < 1.29 is 9.84 Å². The second-order valence-electron chi connectivity index (χ2n) is 4.07. The van der Waals surface area contributed by atoms with Crippen LogP contribution in [0.2, 0.25) is 5.02 Å². The number of morpholine rings is 1. The number of aliphatic hydroxyl groups excluding tert-OH is 1. The van der Waals surface area contributed by atoms with Crippen molar-refractivity contribution in [1.82, 2.24) is 5.32 Å². The molecule has 4 heteroatoms. The lowest BCUT2D eigenvalue weighted by Crippen LogP contribution is -2.48. The molecule has 1 aromatic rings. The van der Waals surface area contributed by atoms with E-state index in [0.717, 1.165) is 18.0 Å². The van der Waals surface area contributed by atoms with E-state index < -0.39 is 0 Å². The summed E-state index contributed by atoms with van der Waals surface area (Å²) in [7, 11) is 0. The highest BCUT2D eigenvalue weighted by atomic mass is 35.5. The monoisotopic (exact) mass is 241 g/mol. The molecule has 0 saturated carbocycles. The van der Waals surface area contributed by atoms with Crippen LogP contribution >= 0.6 is 11.6 Å². The molecule has 3 nitrogen and oxygen atoms in total. The molecule has 2 rings (SSSR count). The number of aliphatic hydroxyl groups is 1. The van der Waals surface area contributed by atoms with Crippen molar-refractivity contribution in [2.24, 2.45) is 0 Å². The van der Waals surface area contributed by atoms with Gasteiger partial charge in [-0.25, -0.2) is 0 Å². The fourth-order valence-electron chi connectivity index (χ4n) is 1.82. The summed E-state index contributed by atoms with van der Waals surface area (Å²) in [6.07, 6.45) is 0.872. The summed E-state index contributed by atoms with van der Waals surface area (Å²) in [6, 6.07) is 8.18. The van der Waals surface area contributed by atoms with Gasteiger partial charge in [0.2, 0.25) is 0 Å². The van der Waals surface area contributed by atoms with Crippen molar-refractivity contribution in [1.29, 1.82) is 0 Å². The summed E-state index contributed by atoms with van der Waals surface area (Å²) in [5, 5.41) is 13.0. The molecule has 0 spiro atoms. The number of hydrogen-bond acceptors (Lipinski definition) is 3. The molecule has 88 valence electrons. The second-order valence-corrected chi connectivity index (χ2v) is 4.51. The number of halogens is 1. The Morgan fingerprint density at radius 2 is 2.12 bits per heavy atom. The van der Waals surface area contributed by atoms with Gasteiger partial charge in [0.25, 0.3) is 0 Å². The van der Waals surface area contributed by atoms with E-state index in [2.05, 4.69) is 5.32 Å². The standard InChI is InChI=1S/C12H16ClNO2/c13-10-3-1-9(2-4-10)5-11-8-16-12(7-15)6-14-11/h1-4,11-12,14-15H,5-8H2/t11?,12-/m1/s1. The summed E-state index contributed by atoms with van der Waals surface area (Å²) in [6.45, 7) is 1.45. The van der Waals surface area contributed by atoms with E-state index in [1.807, 2.05) is 24.3 Å². The molecule has 1 saturated heterocycles. The minimum absolute atomic E-state index is 0.0542. The smallest absolute Gasteiger partial charge is 0.0930 e. The fraction of sp³-hybridized carbons (Fsp3) is 0.500. The van der Waals surface area contributed by atoms with Gasteiger partial charge in [-0.3, -0.25) is 0 Å². The normalized spacial score (nSPS) is 25.6. The molecule has 2 N–H and O–H groups in total. The van der Waals surface area contributed by atoms with E-state index in [9.17, 15) is 0 Å². The Bertz CT molecular complexity index is 320. The van der Waals surface area contributed by atoms with Gasteiger partial charge in [0.05, 0.1) is 19.3 Å². The van der Waals surface area contributed by atoms with Crippen LogP contribution in [-0.2, 0) is 11.2 Å². The van der Waals surface area contributed by atoms with Crippen molar-refractivity contribution in [2.75, 3.05) is 19.8 Å². The highest BCUT2D eigenvalue weighted by Gasteiger charge is 2.20. The predicted octanol–water partition coefficient (Wildman–Crippen LogP) is 1.23. The Morgan fingerprint density at radius 3 is 2.69 bits per heavy atom. The molecule has 1 unspecified atom stereocenters. The molecule has 1 aliphatic rings. The molecular formula is C12H16ClNO2. The number of nitrogens with one attached hydrogen (secondary N) is 1. The van der Waals surface area contributed by atoms with Gasteiger partial charge in [0, 0.05) is 17.6 Å². The quantitative estimate of drug-likeness (QED) is 0.837. The van der Waals surface area contributed by atoms with E-state index in [-0.39, 0.29) is 12.7 Å². The average molecular weight is 242 g/mol. The van der Waals surface area contributed by atoms with Gasteiger partial charge in [-0.15, -0.1) is 0 Å². The third-order valence-corrected chi connectivity index (χ3v) is 3.02. The lowest BCUT2D eigenvalue weighted by Gasteiger charge is -2.29. The zero-order valence-electron chi connectivity index (χ0n) is 9.03. The van der Waals surface area contributed by atoms with Crippen molar-refractivity contribution in [3.8, 4) is 0 Å². The first kappa shape index (κ1) is 11.9. The SMILES string of the molecule is OC[C@H]1CNC(Cc2ccc(Cl)cc2)CO1. The summed E-state index contributed by atoms with van der Waals surface area (Å²) in [5.41, 5.74) is 1.24. The Balaban J connectivity index is 1.84. The van der Waals surface area contributed by atoms with Gasteiger partial charge in [-0.1, -0.05) is 23.7 Å². The Hall–Kier alpha value is -0.610. The van der Waals surface area contributed by atoms with Gasteiger partial charge in [0.15, 0.2) is 0 Å². The molecular weight excluding hydrogens is 226 g/mol. The molecule has 0 radical (unpaired) electrons. The van der Waals surface area contributed by atoms with Crippen LogP contribution in [0.5, 0.6) is 0 Å². The molecule has 0 aliphatic carbocycles. The first-order chi connectivity index (χ1) is 7.78. The maximum atomic E-state index is 8.92. The minimum Gasteiger partial charge on any atom is -0.394 e. The number of ether oxygens (including phenoxy) is 1. The molecule has 1 aromatic carbocycles. The third-order valence-electron chi connectivity index (χ3n) is 2.77. The van der Waals surface area contributed by atoms with E-state index >= 15 is 0 Å². The maximum absolute atomic E-state index is 8.92. The van der Waals surface area contributed by atoms with Crippen molar-refractivity contribution in [2.45, 2.75) is 18.6 Å². The Labute approximate surface area is 100 Å². The zero-order valence-corrected chi connectivity index (χ0v) is 9.78. The van der Waals surface area contributed by atoms with Crippen molar-refractivity contribution in [3.05, 3.63) is 34.9 Å². The largest absolute Gasteiger partial charge is 0.394 e. The molecule has 0 bridgehead atoms. The fourth-order valence-corrected chi connectivity index (χ4v) is 1.95. The van der Waals surface area contributed by atoms with E-state index in [1.165, 1.54) is 5.56 Å². The molecule has 0 aromatic heterocycles. The van der Waals surface area contributed by atoms with Crippen LogP contribution in [0.25, 0.3) is 0 Å². The minimum atomic E-state index is -0.0542. The van der Waals surface area contributed by atoms with Gasteiger partial charge in [0.1, 0.15) is 0 Å². The van der Waals surface area contributed by atoms with Crippen molar-refractivity contribution >= 4 is 11.6 Å². The predicted molar refractivity (Wildman–Crippen MR) is 63.8 cm³/mol. The number of hydrogen-bond donors (Lipinski definition) is 2. The summed E-state index contributed by atoms with van der Waals surface area (Å²) in [4.78, 5) is 0. The van der Waals surface area contributed by atoms with Gasteiger partial charge < -0.3 is 15.2 Å². The highest BCUT2D eigenvalue weighted by Crippen LogP contribution is 2.12. The molecule has 2 atom stereocenters. The highest BCUT2D eigenvalue weighted by molar-refractivity contribution is 6.30. The lowest BCUT2D eigenvalue weighted by atomic mass is 10.1. The second kappa shape index (κ2) is 5.64. The van der Waals surface area contributed by atoms with Crippen LogP contribution in [0.1, 0.15) is 5.56 Å². The molecule has 1 heterocycles. The molecule has 1 aliphatic heterocycles. The topological polar surface area (TPSA) is 41.5 Å². The summed E-state index contributed by atoms with van der Waals surface area (Å²) < 4.78 is 5.50. The first-order valence-electron chi connectivity index (χ1n) is 5.48. The molecule has 16 heavy (non-hydrogen) atoms. The summed E-state index contributed by atoms with van der Waals surface area (Å²) in [5.74, 6) is 0. The maximum Gasteiger partial charge on any atom is 0.0930 e. The molecule has 1 fully saturated rings. The van der Waals surface area contributed by atoms with E-state index in [1.54, 1.807) is 0 Å². The average Bonchev–Trinajstić information content (AvgIpc) is 2.33. The van der Waals surface area contributed by atoms with Crippen LogP contribution in [-0.4, -0.2) is 37.0 Å². The van der Waals surface area contributed by atoms with Crippen molar-refractivity contribution in [3.63, 3.8) is 0 Å². The van der Waals surface area contributed by atoms with E-state index in [4.69, 9.17) is 21.4 Å². The Morgan fingerprint density at radius 1 is 1.38 bits per heavy atom. The van der Waals surface area contributed by atoms with Crippen LogP contribution in [0.15, 0.2) is 24.3 Å².